The Hall–Kier alpha value is -1.23. The fourth-order valence-electron chi connectivity index (χ4n) is 1.63. The molecule has 0 aliphatic heterocycles. The summed E-state index contributed by atoms with van der Waals surface area (Å²) in [7, 11) is 0. The molecule has 17 heavy (non-hydrogen) atoms. The van der Waals surface area contributed by atoms with Gasteiger partial charge in [0.05, 0.1) is 0 Å². The van der Waals surface area contributed by atoms with Crippen molar-refractivity contribution in [1.29, 1.82) is 0 Å². The lowest BCUT2D eigenvalue weighted by molar-refractivity contribution is 0.178. The van der Waals surface area contributed by atoms with Crippen molar-refractivity contribution in [1.82, 2.24) is 10.3 Å². The first-order valence-corrected chi connectivity index (χ1v) is 6.47. The van der Waals surface area contributed by atoms with Crippen LogP contribution in [0.1, 0.15) is 22.1 Å². The molecule has 2 heterocycles. The highest BCUT2D eigenvalue weighted by molar-refractivity contribution is 7.10. The van der Waals surface area contributed by atoms with Crippen molar-refractivity contribution in [3.63, 3.8) is 0 Å². The first kappa shape index (κ1) is 12.2. The summed E-state index contributed by atoms with van der Waals surface area (Å²) in [5.41, 5.74) is 2.39. The Morgan fingerprint density at radius 2 is 2.35 bits per heavy atom. The Morgan fingerprint density at radius 3 is 3.06 bits per heavy atom. The zero-order valence-electron chi connectivity index (χ0n) is 9.76. The Bertz CT molecular complexity index is 456. The average molecular weight is 248 g/mol. The van der Waals surface area contributed by atoms with Gasteiger partial charge in [-0.05, 0) is 35.6 Å². The Balaban J connectivity index is 1.82. The number of hydrogen-bond donors (Lipinski definition) is 2. The van der Waals surface area contributed by atoms with Gasteiger partial charge in [-0.15, -0.1) is 11.3 Å². The number of aryl methyl sites for hydroxylation is 1. The van der Waals surface area contributed by atoms with Gasteiger partial charge in [-0.3, -0.25) is 4.98 Å². The van der Waals surface area contributed by atoms with Crippen molar-refractivity contribution in [2.24, 2.45) is 0 Å². The molecule has 2 rings (SSSR count). The molecule has 1 unspecified atom stereocenters. The molecule has 0 radical (unpaired) electrons. The molecule has 0 aliphatic carbocycles. The van der Waals surface area contributed by atoms with Gasteiger partial charge >= 0.3 is 0 Å². The van der Waals surface area contributed by atoms with Crippen LogP contribution in [0, 0.1) is 6.92 Å². The van der Waals surface area contributed by atoms with Gasteiger partial charge in [-0.25, -0.2) is 0 Å². The van der Waals surface area contributed by atoms with E-state index in [0.29, 0.717) is 6.54 Å². The van der Waals surface area contributed by atoms with E-state index in [0.717, 1.165) is 11.4 Å². The Morgan fingerprint density at radius 1 is 1.47 bits per heavy atom. The van der Waals surface area contributed by atoms with Crippen molar-refractivity contribution >= 4 is 11.3 Å². The summed E-state index contributed by atoms with van der Waals surface area (Å²) < 4.78 is 0. The molecule has 0 amide bonds. The maximum Gasteiger partial charge on any atom is 0.101 e. The van der Waals surface area contributed by atoms with Gasteiger partial charge in [0.1, 0.15) is 6.10 Å². The number of aliphatic hydroxyl groups is 1. The van der Waals surface area contributed by atoms with Gasteiger partial charge in [-0.2, -0.15) is 0 Å². The number of aromatic nitrogens is 1. The number of hydrogen-bond acceptors (Lipinski definition) is 4. The zero-order chi connectivity index (χ0) is 12.1. The lowest BCUT2D eigenvalue weighted by atomic mass is 10.1. The van der Waals surface area contributed by atoms with Gasteiger partial charge < -0.3 is 10.4 Å². The van der Waals surface area contributed by atoms with E-state index < -0.39 is 6.10 Å². The maximum absolute atomic E-state index is 9.89. The monoisotopic (exact) mass is 248 g/mol. The minimum Gasteiger partial charge on any atom is -0.386 e. The summed E-state index contributed by atoms with van der Waals surface area (Å²) in [5.74, 6) is 0. The quantitative estimate of drug-likeness (QED) is 0.853. The van der Waals surface area contributed by atoms with E-state index in [1.807, 2.05) is 36.7 Å². The molecule has 0 saturated carbocycles. The minimum absolute atomic E-state index is 0.419. The van der Waals surface area contributed by atoms with E-state index in [4.69, 9.17) is 0 Å². The summed E-state index contributed by atoms with van der Waals surface area (Å²) in [6.07, 6.45) is 3.23. The van der Waals surface area contributed by atoms with Crippen LogP contribution in [-0.4, -0.2) is 16.6 Å². The second kappa shape index (κ2) is 5.91. The van der Waals surface area contributed by atoms with Crippen LogP contribution < -0.4 is 5.32 Å². The van der Waals surface area contributed by atoms with Crippen LogP contribution >= 0.6 is 11.3 Å². The van der Waals surface area contributed by atoms with Crippen LogP contribution in [0.15, 0.2) is 36.0 Å². The highest BCUT2D eigenvalue weighted by atomic mass is 32.1. The Labute approximate surface area is 105 Å². The fraction of sp³-hybridized carbons (Fsp3) is 0.308. The first-order chi connectivity index (χ1) is 8.27. The lowest BCUT2D eigenvalue weighted by Gasteiger charge is -2.11. The van der Waals surface area contributed by atoms with Crippen molar-refractivity contribution in [2.75, 3.05) is 6.54 Å². The normalized spacial score (nSPS) is 12.6. The molecular formula is C13H16N2OS. The molecule has 0 aromatic carbocycles. The van der Waals surface area contributed by atoms with Crippen molar-refractivity contribution in [3.8, 4) is 0 Å². The number of aliphatic hydroxyl groups excluding tert-OH is 1. The van der Waals surface area contributed by atoms with Crippen LogP contribution in [0.4, 0.5) is 0 Å². The lowest BCUT2D eigenvalue weighted by Crippen LogP contribution is -2.21. The van der Waals surface area contributed by atoms with Gasteiger partial charge in [-0.1, -0.05) is 6.07 Å². The summed E-state index contributed by atoms with van der Waals surface area (Å²) in [5, 5.41) is 15.1. The van der Waals surface area contributed by atoms with Crippen LogP contribution in [0.2, 0.25) is 0 Å². The van der Waals surface area contributed by atoms with Crippen molar-refractivity contribution in [3.05, 3.63) is 52.0 Å². The largest absolute Gasteiger partial charge is 0.386 e. The van der Waals surface area contributed by atoms with E-state index in [1.54, 1.807) is 17.5 Å². The second-order valence-corrected chi connectivity index (χ2v) is 4.94. The van der Waals surface area contributed by atoms with E-state index in [-0.39, 0.29) is 0 Å². The van der Waals surface area contributed by atoms with Gasteiger partial charge in [0, 0.05) is 30.4 Å². The molecule has 2 N–H and O–H groups in total. The van der Waals surface area contributed by atoms with Crippen LogP contribution in [0.25, 0.3) is 0 Å². The Kier molecular flexibility index (Phi) is 4.25. The molecule has 0 bridgehead atoms. The van der Waals surface area contributed by atoms with Crippen LogP contribution in [0.5, 0.6) is 0 Å². The molecule has 3 nitrogen and oxygen atoms in total. The molecule has 2 aromatic rings. The van der Waals surface area contributed by atoms with E-state index in [2.05, 4.69) is 10.3 Å². The molecule has 0 fully saturated rings. The third-order valence-electron chi connectivity index (χ3n) is 2.66. The molecule has 0 spiro atoms. The molecule has 90 valence electrons. The number of thiophene rings is 1. The van der Waals surface area contributed by atoms with Crippen LogP contribution in [-0.2, 0) is 6.54 Å². The minimum atomic E-state index is -0.419. The van der Waals surface area contributed by atoms with Crippen molar-refractivity contribution < 1.29 is 5.11 Å². The van der Waals surface area contributed by atoms with Gasteiger partial charge in [0.15, 0.2) is 0 Å². The molecular weight excluding hydrogens is 232 g/mol. The summed E-state index contributed by atoms with van der Waals surface area (Å²) >= 11 is 1.58. The highest BCUT2D eigenvalue weighted by Gasteiger charge is 2.07. The number of pyridine rings is 1. The molecule has 4 heteroatoms. The highest BCUT2D eigenvalue weighted by Crippen LogP contribution is 2.17. The number of rotatable bonds is 5. The second-order valence-electron chi connectivity index (χ2n) is 3.96. The summed E-state index contributed by atoms with van der Waals surface area (Å²) in [6.45, 7) is 3.37. The maximum atomic E-state index is 9.89. The van der Waals surface area contributed by atoms with Gasteiger partial charge in [0.2, 0.25) is 0 Å². The SMILES string of the molecule is Cc1cnccc1CNCC(O)c1cccs1. The molecule has 0 aliphatic rings. The fourth-order valence-corrected chi connectivity index (χ4v) is 2.34. The average Bonchev–Trinajstić information content (AvgIpc) is 2.85. The van der Waals surface area contributed by atoms with E-state index in [9.17, 15) is 5.11 Å². The first-order valence-electron chi connectivity index (χ1n) is 5.59. The third kappa shape index (κ3) is 3.36. The standard InChI is InChI=1S/C13H16N2OS/c1-10-7-14-5-4-11(10)8-15-9-12(16)13-3-2-6-17-13/h2-7,12,15-16H,8-9H2,1H3. The zero-order valence-corrected chi connectivity index (χ0v) is 10.6. The van der Waals surface area contributed by atoms with Crippen molar-refractivity contribution in [2.45, 2.75) is 19.6 Å². The summed E-state index contributed by atoms with van der Waals surface area (Å²) in [4.78, 5) is 5.06. The smallest absolute Gasteiger partial charge is 0.101 e. The van der Waals surface area contributed by atoms with Crippen LogP contribution in [0.3, 0.4) is 0 Å². The molecule has 2 aromatic heterocycles. The number of nitrogens with one attached hydrogen (secondary N) is 1. The molecule has 1 atom stereocenters. The van der Waals surface area contributed by atoms with Gasteiger partial charge in [0.25, 0.3) is 0 Å². The predicted octanol–water partition coefficient (Wildman–Crippen LogP) is 2.27. The predicted molar refractivity (Wildman–Crippen MR) is 70.0 cm³/mol. The molecule has 0 saturated heterocycles. The number of nitrogens with zero attached hydrogens (tertiary/aromatic N) is 1. The topological polar surface area (TPSA) is 45.2 Å². The summed E-state index contributed by atoms with van der Waals surface area (Å²) in [6, 6.07) is 5.91. The van der Waals surface area contributed by atoms with E-state index in [1.165, 1.54) is 11.1 Å². The van der Waals surface area contributed by atoms with E-state index >= 15 is 0 Å². The third-order valence-corrected chi connectivity index (χ3v) is 3.63.